The zero-order chi connectivity index (χ0) is 9.97. The topological polar surface area (TPSA) is 63.3 Å². The molecule has 4 nitrogen and oxygen atoms in total. The molecule has 2 heterocycles. The van der Waals surface area contributed by atoms with Crippen LogP contribution in [0.5, 0.6) is 5.75 Å². The van der Waals surface area contributed by atoms with E-state index in [0.29, 0.717) is 5.56 Å². The summed E-state index contributed by atoms with van der Waals surface area (Å²) in [6.45, 7) is 0. The lowest BCUT2D eigenvalue weighted by molar-refractivity contribution is 0.438. The second-order valence-corrected chi connectivity index (χ2v) is 2.70. The van der Waals surface area contributed by atoms with Gasteiger partial charge in [-0.2, -0.15) is 0 Å². The summed E-state index contributed by atoms with van der Waals surface area (Å²) in [6.07, 6.45) is 4.35. The van der Waals surface area contributed by atoms with Crippen LogP contribution in [0, 0.1) is 0 Å². The third-order valence-corrected chi connectivity index (χ3v) is 1.78. The predicted octanol–water partition coefficient (Wildman–Crippen LogP) is 1.83. The summed E-state index contributed by atoms with van der Waals surface area (Å²) in [5, 5.41) is 9.42. The molecule has 5 heteroatoms. The van der Waals surface area contributed by atoms with Gasteiger partial charge in [-0.25, -0.2) is 0 Å². The first-order valence-corrected chi connectivity index (χ1v) is 4.00. The number of hydrogen-bond donors (Lipinski definition) is 1. The molecule has 0 amide bonds. The highest BCUT2D eigenvalue weighted by atomic mass is 35.5. The lowest BCUT2D eigenvalue weighted by Crippen LogP contribution is -1.98. The van der Waals surface area contributed by atoms with E-state index in [1.807, 2.05) is 0 Å². The number of rotatable bonds is 1. The summed E-state index contributed by atoms with van der Waals surface area (Å²) in [7, 11) is 0. The van der Waals surface area contributed by atoms with Gasteiger partial charge in [0.05, 0.1) is 6.26 Å². The molecular formula is C10H8ClNO3. The molecule has 0 aliphatic heterocycles. The summed E-state index contributed by atoms with van der Waals surface area (Å²) < 4.78 is 5.03. The van der Waals surface area contributed by atoms with E-state index >= 15 is 0 Å². The van der Waals surface area contributed by atoms with Crippen molar-refractivity contribution in [2.24, 2.45) is 0 Å². The molecule has 0 radical (unpaired) electrons. The minimum atomic E-state index is -0.463. The molecule has 0 fully saturated rings. The van der Waals surface area contributed by atoms with Gasteiger partial charge in [-0.1, -0.05) is 0 Å². The average Bonchev–Trinajstić information content (AvgIpc) is 2.23. The summed E-state index contributed by atoms with van der Waals surface area (Å²) in [5.74, 6) is -0.244. The van der Waals surface area contributed by atoms with Crippen molar-refractivity contribution in [2.75, 3.05) is 0 Å². The summed E-state index contributed by atoms with van der Waals surface area (Å²) >= 11 is 0. The molecule has 2 rings (SSSR count). The standard InChI is InChI=1S/C10H7NO3.ClH/c12-8-3-5-14-10(9(8)13)7-2-1-4-11-6-7;/h1-6,13H;1H. The molecule has 0 atom stereocenters. The van der Waals surface area contributed by atoms with Crippen LogP contribution in [0.25, 0.3) is 11.3 Å². The Balaban J connectivity index is 0.00000112. The summed E-state index contributed by atoms with van der Waals surface area (Å²) in [6, 6.07) is 4.56. The normalized spacial score (nSPS) is 9.33. The SMILES string of the molecule is Cl.O=c1ccoc(-c2cccnc2)c1O. The van der Waals surface area contributed by atoms with Crippen molar-refractivity contribution in [1.29, 1.82) is 0 Å². The molecular weight excluding hydrogens is 218 g/mol. The molecule has 0 bridgehead atoms. The average molecular weight is 226 g/mol. The Morgan fingerprint density at radius 1 is 1.33 bits per heavy atom. The van der Waals surface area contributed by atoms with Gasteiger partial charge in [-0.05, 0) is 12.1 Å². The number of nitrogens with zero attached hydrogens (tertiary/aromatic N) is 1. The van der Waals surface area contributed by atoms with Crippen molar-refractivity contribution in [3.63, 3.8) is 0 Å². The first kappa shape index (κ1) is 11.3. The lowest BCUT2D eigenvalue weighted by atomic mass is 10.2. The van der Waals surface area contributed by atoms with Crippen LogP contribution in [0.4, 0.5) is 0 Å². The quantitative estimate of drug-likeness (QED) is 0.804. The zero-order valence-electron chi connectivity index (χ0n) is 7.58. The molecule has 0 aliphatic carbocycles. The molecule has 1 N–H and O–H groups in total. The van der Waals surface area contributed by atoms with E-state index in [0.717, 1.165) is 6.07 Å². The van der Waals surface area contributed by atoms with Crippen molar-refractivity contribution in [3.05, 3.63) is 47.1 Å². The highest BCUT2D eigenvalue weighted by molar-refractivity contribution is 5.85. The maximum atomic E-state index is 11.1. The molecule has 0 aromatic carbocycles. The Kier molecular flexibility index (Phi) is 3.46. The Labute approximate surface area is 91.6 Å². The molecule has 2 aromatic rings. The van der Waals surface area contributed by atoms with Crippen LogP contribution < -0.4 is 5.43 Å². The predicted molar refractivity (Wildman–Crippen MR) is 57.1 cm³/mol. The highest BCUT2D eigenvalue weighted by Gasteiger charge is 2.09. The third kappa shape index (κ3) is 2.16. The van der Waals surface area contributed by atoms with Crippen LogP contribution >= 0.6 is 12.4 Å². The van der Waals surface area contributed by atoms with Gasteiger partial charge in [-0.3, -0.25) is 9.78 Å². The maximum absolute atomic E-state index is 11.1. The maximum Gasteiger partial charge on any atom is 0.227 e. The van der Waals surface area contributed by atoms with Crippen LogP contribution in [0.2, 0.25) is 0 Å². The van der Waals surface area contributed by atoms with E-state index in [4.69, 9.17) is 4.42 Å². The van der Waals surface area contributed by atoms with E-state index < -0.39 is 5.43 Å². The zero-order valence-corrected chi connectivity index (χ0v) is 8.40. The Bertz CT molecular complexity index is 496. The van der Waals surface area contributed by atoms with Gasteiger partial charge in [-0.15, -0.1) is 12.4 Å². The van der Waals surface area contributed by atoms with Crippen LogP contribution in [-0.2, 0) is 0 Å². The van der Waals surface area contributed by atoms with Gasteiger partial charge in [0, 0.05) is 24.0 Å². The summed E-state index contributed by atoms with van der Waals surface area (Å²) in [4.78, 5) is 14.9. The molecule has 0 aliphatic rings. The van der Waals surface area contributed by atoms with E-state index in [-0.39, 0.29) is 23.9 Å². The fraction of sp³-hybridized carbons (Fsp3) is 0. The van der Waals surface area contributed by atoms with E-state index in [2.05, 4.69) is 4.98 Å². The van der Waals surface area contributed by atoms with Crippen LogP contribution in [-0.4, -0.2) is 10.1 Å². The second kappa shape index (κ2) is 4.61. The third-order valence-electron chi connectivity index (χ3n) is 1.78. The fourth-order valence-corrected chi connectivity index (χ4v) is 1.11. The Morgan fingerprint density at radius 2 is 2.13 bits per heavy atom. The number of halogens is 1. The number of aromatic hydroxyl groups is 1. The second-order valence-electron chi connectivity index (χ2n) is 2.70. The smallest absolute Gasteiger partial charge is 0.227 e. The molecule has 2 aromatic heterocycles. The summed E-state index contributed by atoms with van der Waals surface area (Å²) in [5.41, 5.74) is 0.109. The molecule has 0 saturated carbocycles. The monoisotopic (exact) mass is 225 g/mol. The first-order valence-electron chi connectivity index (χ1n) is 4.00. The van der Waals surface area contributed by atoms with Gasteiger partial charge in [0.2, 0.25) is 11.2 Å². The van der Waals surface area contributed by atoms with Crippen molar-refractivity contribution in [2.45, 2.75) is 0 Å². The number of aromatic nitrogens is 1. The number of pyridine rings is 1. The van der Waals surface area contributed by atoms with E-state index in [9.17, 15) is 9.90 Å². The molecule has 0 unspecified atom stereocenters. The Morgan fingerprint density at radius 3 is 2.80 bits per heavy atom. The largest absolute Gasteiger partial charge is 0.502 e. The van der Waals surface area contributed by atoms with Crippen molar-refractivity contribution in [1.82, 2.24) is 4.98 Å². The van der Waals surface area contributed by atoms with Gasteiger partial charge in [0.15, 0.2) is 5.76 Å². The van der Waals surface area contributed by atoms with Crippen molar-refractivity contribution >= 4 is 12.4 Å². The first-order chi connectivity index (χ1) is 6.79. The number of hydrogen-bond acceptors (Lipinski definition) is 4. The minimum Gasteiger partial charge on any atom is -0.502 e. The van der Waals surface area contributed by atoms with Crippen LogP contribution in [0.1, 0.15) is 0 Å². The van der Waals surface area contributed by atoms with Crippen LogP contribution in [0.3, 0.4) is 0 Å². The molecule has 78 valence electrons. The van der Waals surface area contributed by atoms with E-state index in [1.165, 1.54) is 12.5 Å². The van der Waals surface area contributed by atoms with Crippen molar-refractivity contribution in [3.8, 4) is 17.1 Å². The molecule has 15 heavy (non-hydrogen) atoms. The van der Waals surface area contributed by atoms with Crippen LogP contribution in [0.15, 0.2) is 46.1 Å². The van der Waals surface area contributed by atoms with Crippen molar-refractivity contribution < 1.29 is 9.52 Å². The van der Waals surface area contributed by atoms with Gasteiger partial charge in [0.1, 0.15) is 0 Å². The fourth-order valence-electron chi connectivity index (χ4n) is 1.11. The van der Waals surface area contributed by atoms with Gasteiger partial charge in [0.25, 0.3) is 0 Å². The molecule has 0 spiro atoms. The van der Waals surface area contributed by atoms with Gasteiger partial charge >= 0.3 is 0 Å². The lowest BCUT2D eigenvalue weighted by Gasteiger charge is -2.00. The highest BCUT2D eigenvalue weighted by Crippen LogP contribution is 2.24. The van der Waals surface area contributed by atoms with E-state index in [1.54, 1.807) is 18.3 Å². The minimum absolute atomic E-state index is 0. The molecule has 0 saturated heterocycles. The Hall–Kier alpha value is -1.81. The van der Waals surface area contributed by atoms with Gasteiger partial charge < -0.3 is 9.52 Å².